The molecule has 0 N–H and O–H groups in total. The molecular formula is C5H14Cl3OTi. The van der Waals surface area contributed by atoms with Crippen LogP contribution in [-0.4, -0.2) is 6.61 Å². The van der Waals surface area contributed by atoms with Gasteiger partial charge in [-0.15, -0.1) is 37.2 Å². The Kier molecular flexibility index (Phi) is 50.6. The molecule has 5 heteroatoms. The van der Waals surface area contributed by atoms with E-state index in [0.29, 0.717) is 0 Å². The second-order valence-electron chi connectivity index (χ2n) is 1.56. The van der Waals surface area contributed by atoms with Crippen LogP contribution >= 0.6 is 37.2 Å². The van der Waals surface area contributed by atoms with Crippen molar-refractivity contribution in [3.8, 4) is 0 Å². The van der Waals surface area contributed by atoms with Gasteiger partial charge in [0.15, 0.2) is 0 Å². The number of hydrogen-bond donors (Lipinski definition) is 0. The quantitative estimate of drug-likeness (QED) is 0.546. The van der Waals surface area contributed by atoms with Crippen LogP contribution in [-0.2, 0) is 24.1 Å². The molecular weight excluding hydrogens is 230 g/mol. The fraction of sp³-hybridized carbons (Fsp3) is 1.00. The van der Waals surface area contributed by atoms with Gasteiger partial charge in [0, 0.05) is 0 Å². The molecule has 0 aliphatic heterocycles. The Bertz CT molecular complexity index is 36.1. The van der Waals surface area contributed by atoms with Crippen LogP contribution in [0.15, 0.2) is 0 Å². The van der Waals surface area contributed by atoms with Crippen molar-refractivity contribution in [2.75, 3.05) is 6.61 Å². The van der Waals surface area contributed by atoms with Crippen molar-refractivity contribution in [3.63, 3.8) is 0 Å². The number of unbranched alkanes of at least 4 members (excludes halogenated alkanes) is 2. The van der Waals surface area contributed by atoms with Crippen LogP contribution in [0.25, 0.3) is 0 Å². The van der Waals surface area contributed by atoms with E-state index in [4.69, 9.17) is 3.32 Å². The molecule has 10 heavy (non-hydrogen) atoms. The Morgan fingerprint density at radius 2 is 1.60 bits per heavy atom. The van der Waals surface area contributed by atoms with Gasteiger partial charge in [-0.25, -0.2) is 0 Å². The van der Waals surface area contributed by atoms with Crippen LogP contribution in [0.3, 0.4) is 0 Å². The molecule has 0 aromatic rings. The van der Waals surface area contributed by atoms with Crippen molar-refractivity contribution in [1.82, 2.24) is 0 Å². The minimum atomic E-state index is 0. The van der Waals surface area contributed by atoms with E-state index in [1.165, 1.54) is 19.3 Å². The largest absolute Gasteiger partial charge is 0.147 e. The maximum Gasteiger partial charge on any atom is -0.147 e. The molecule has 0 aliphatic carbocycles. The first-order valence-electron chi connectivity index (χ1n) is 2.70. The van der Waals surface area contributed by atoms with Gasteiger partial charge in [0.05, 0.1) is 0 Å². The van der Waals surface area contributed by atoms with Crippen LogP contribution in [0, 0.1) is 0 Å². The van der Waals surface area contributed by atoms with Gasteiger partial charge in [0.25, 0.3) is 0 Å². The van der Waals surface area contributed by atoms with E-state index in [0.717, 1.165) is 6.61 Å². The first-order chi connectivity index (χ1) is 3.41. The molecule has 0 atom stereocenters. The Morgan fingerprint density at radius 1 is 1.10 bits per heavy atom. The summed E-state index contributed by atoms with van der Waals surface area (Å²) in [5, 5.41) is 0. The molecule has 0 aliphatic rings. The van der Waals surface area contributed by atoms with E-state index >= 15 is 0 Å². The van der Waals surface area contributed by atoms with Crippen molar-refractivity contribution < 1.29 is 24.1 Å². The van der Waals surface area contributed by atoms with Gasteiger partial charge < -0.3 is 0 Å². The maximum absolute atomic E-state index is 4.84. The fourth-order valence-corrected chi connectivity index (χ4v) is 0.650. The first-order valence-corrected chi connectivity index (χ1v) is 3.34. The molecule has 0 heterocycles. The third kappa shape index (κ3) is 22.7. The predicted molar refractivity (Wildman–Crippen MR) is 47.2 cm³/mol. The monoisotopic (exact) mass is 243 g/mol. The molecule has 0 unspecified atom stereocenters. The van der Waals surface area contributed by atoms with E-state index in [2.05, 4.69) is 6.92 Å². The third-order valence-corrected chi connectivity index (χ3v) is 1.17. The van der Waals surface area contributed by atoms with Crippen LogP contribution < -0.4 is 0 Å². The summed E-state index contributed by atoms with van der Waals surface area (Å²) in [7, 11) is 0. The molecule has 1 nitrogen and oxygen atoms in total. The summed E-state index contributed by atoms with van der Waals surface area (Å²) in [6.45, 7) is 3.11. The number of rotatable bonds is 4. The summed E-state index contributed by atoms with van der Waals surface area (Å²) in [4.78, 5) is 0. The maximum atomic E-state index is 4.84. The van der Waals surface area contributed by atoms with E-state index in [9.17, 15) is 0 Å². The molecule has 0 spiro atoms. The van der Waals surface area contributed by atoms with Crippen molar-refractivity contribution in [1.29, 1.82) is 0 Å². The van der Waals surface area contributed by atoms with E-state index in [-0.39, 0.29) is 37.2 Å². The molecule has 0 saturated heterocycles. The molecule has 0 bridgehead atoms. The van der Waals surface area contributed by atoms with Gasteiger partial charge in [-0.05, 0) is 0 Å². The summed E-state index contributed by atoms with van der Waals surface area (Å²) in [5.41, 5.74) is 0. The SMILES string of the molecule is CCCCC[O][Ti].Cl.Cl.Cl. The molecule has 65 valence electrons. The molecule has 0 aromatic carbocycles. The van der Waals surface area contributed by atoms with Crippen LogP contribution in [0.1, 0.15) is 26.2 Å². The van der Waals surface area contributed by atoms with Crippen molar-refractivity contribution in [2.24, 2.45) is 0 Å². The molecule has 0 radical (unpaired) electrons. The zero-order valence-corrected chi connectivity index (χ0v) is 9.97. The standard InChI is InChI=1S/C5H11O.3ClH.Ti/c1-2-3-4-5-6;;;;/h2-5H2,1H3;3*1H;/q-1;;;;+1. The summed E-state index contributed by atoms with van der Waals surface area (Å²) < 4.78 is 4.84. The predicted octanol–water partition coefficient (Wildman–Crippen LogP) is 2.92. The summed E-state index contributed by atoms with van der Waals surface area (Å²) >= 11 is 1.75. The van der Waals surface area contributed by atoms with Gasteiger partial charge in [-0.2, -0.15) is 0 Å². The summed E-state index contributed by atoms with van der Waals surface area (Å²) in [5.74, 6) is 0. The third-order valence-electron chi connectivity index (χ3n) is 0.850. The number of halogens is 3. The molecule has 0 amide bonds. The van der Waals surface area contributed by atoms with Crippen LogP contribution in [0.2, 0.25) is 0 Å². The van der Waals surface area contributed by atoms with Gasteiger partial charge in [0.2, 0.25) is 0 Å². The van der Waals surface area contributed by atoms with Gasteiger partial charge in [0.1, 0.15) is 0 Å². The van der Waals surface area contributed by atoms with E-state index in [1.807, 2.05) is 0 Å². The summed E-state index contributed by atoms with van der Waals surface area (Å²) in [6, 6.07) is 0. The van der Waals surface area contributed by atoms with Gasteiger partial charge >= 0.3 is 56.9 Å². The molecule has 0 saturated carbocycles. The van der Waals surface area contributed by atoms with Crippen LogP contribution in [0.4, 0.5) is 0 Å². The topological polar surface area (TPSA) is 9.23 Å². The average molecular weight is 244 g/mol. The average Bonchev–Trinajstić information content (AvgIpc) is 1.69. The Labute approximate surface area is 93.8 Å². The summed E-state index contributed by atoms with van der Waals surface area (Å²) in [6.07, 6.45) is 3.80. The first kappa shape index (κ1) is 22.6. The van der Waals surface area contributed by atoms with E-state index in [1.54, 1.807) is 20.8 Å². The van der Waals surface area contributed by atoms with Crippen molar-refractivity contribution in [3.05, 3.63) is 0 Å². The second-order valence-corrected chi connectivity index (χ2v) is 2.01. The zero-order chi connectivity index (χ0) is 5.54. The smallest absolute Gasteiger partial charge is 0.147 e. The Balaban J connectivity index is -0.0000000600. The van der Waals surface area contributed by atoms with Crippen LogP contribution in [0.5, 0.6) is 0 Å². The molecule has 0 rings (SSSR count). The van der Waals surface area contributed by atoms with Crippen molar-refractivity contribution >= 4 is 37.2 Å². The van der Waals surface area contributed by atoms with Gasteiger partial charge in [-0.3, -0.25) is 0 Å². The molecule has 0 aromatic heterocycles. The fourth-order valence-electron chi connectivity index (χ4n) is 0.424. The Hall–Kier alpha value is 1.54. The van der Waals surface area contributed by atoms with Crippen molar-refractivity contribution in [2.45, 2.75) is 26.2 Å². The van der Waals surface area contributed by atoms with Gasteiger partial charge in [-0.1, -0.05) is 0 Å². The molecule has 0 fully saturated rings. The van der Waals surface area contributed by atoms with E-state index < -0.39 is 0 Å². The second kappa shape index (κ2) is 22.4. The zero-order valence-electron chi connectivity index (χ0n) is 5.96. The Morgan fingerprint density at radius 3 is 1.90 bits per heavy atom. The minimum absolute atomic E-state index is 0. The number of hydrogen-bond acceptors (Lipinski definition) is 1. The normalized spacial score (nSPS) is 6.40. The minimum Gasteiger partial charge on any atom is -0.147 e.